The van der Waals surface area contributed by atoms with Crippen molar-refractivity contribution < 1.29 is 9.59 Å². The van der Waals surface area contributed by atoms with Crippen molar-refractivity contribution in [2.75, 3.05) is 13.1 Å². The minimum Gasteiger partial charge on any atom is -0.340 e. The molecule has 3 rings (SSSR count). The van der Waals surface area contributed by atoms with Gasteiger partial charge in [0.25, 0.3) is 5.91 Å². The first kappa shape index (κ1) is 20.4. The first-order chi connectivity index (χ1) is 13.4. The molecule has 3 N–H and O–H groups in total. The molecule has 148 valence electrons. The van der Waals surface area contributed by atoms with E-state index in [1.807, 2.05) is 44.2 Å². The van der Waals surface area contributed by atoms with Crippen LogP contribution in [0.4, 0.5) is 0 Å². The van der Waals surface area contributed by atoms with Crippen LogP contribution in [-0.2, 0) is 4.79 Å². The van der Waals surface area contributed by atoms with Crippen LogP contribution in [0.25, 0.3) is 0 Å². The Hall–Kier alpha value is -2.37. The third-order valence-corrected chi connectivity index (χ3v) is 5.48. The van der Waals surface area contributed by atoms with Gasteiger partial charge in [0.2, 0.25) is 5.91 Å². The van der Waals surface area contributed by atoms with Crippen molar-refractivity contribution in [1.82, 2.24) is 10.2 Å². The van der Waals surface area contributed by atoms with E-state index in [9.17, 15) is 9.59 Å². The maximum absolute atomic E-state index is 13.2. The number of likely N-dealkylation sites (tertiary alicyclic amines) is 1. The number of halogens is 1. The SMILES string of the molecule is CC(C)C(NC(=O)c1ccc(Cl)cc1)C(=O)N1C[C@@H](N)[C@H](c2ccccc2)C1. The number of nitrogens with two attached hydrogens (primary N) is 1. The fourth-order valence-electron chi connectivity index (χ4n) is 3.60. The molecule has 0 aliphatic carbocycles. The molecule has 1 aliphatic rings. The Morgan fingerprint density at radius 2 is 1.71 bits per heavy atom. The Kier molecular flexibility index (Phi) is 6.37. The van der Waals surface area contributed by atoms with E-state index in [2.05, 4.69) is 5.32 Å². The minimum absolute atomic E-state index is 0.0456. The summed E-state index contributed by atoms with van der Waals surface area (Å²) in [6.07, 6.45) is 0. The highest BCUT2D eigenvalue weighted by molar-refractivity contribution is 6.30. The van der Waals surface area contributed by atoms with Crippen LogP contribution in [-0.4, -0.2) is 41.9 Å². The largest absolute Gasteiger partial charge is 0.340 e. The minimum atomic E-state index is -0.607. The van der Waals surface area contributed by atoms with E-state index >= 15 is 0 Å². The van der Waals surface area contributed by atoms with Gasteiger partial charge in [-0.15, -0.1) is 0 Å². The van der Waals surface area contributed by atoms with Gasteiger partial charge in [-0.3, -0.25) is 9.59 Å². The number of rotatable bonds is 5. The molecule has 0 aromatic heterocycles. The molecule has 0 radical (unpaired) electrons. The number of benzene rings is 2. The van der Waals surface area contributed by atoms with Crippen molar-refractivity contribution in [3.05, 3.63) is 70.7 Å². The summed E-state index contributed by atoms with van der Waals surface area (Å²) in [6.45, 7) is 4.90. The highest BCUT2D eigenvalue weighted by Gasteiger charge is 2.37. The monoisotopic (exact) mass is 399 g/mol. The average Bonchev–Trinajstić information content (AvgIpc) is 3.08. The molecule has 1 aliphatic heterocycles. The van der Waals surface area contributed by atoms with Crippen molar-refractivity contribution in [3.63, 3.8) is 0 Å². The van der Waals surface area contributed by atoms with Gasteiger partial charge >= 0.3 is 0 Å². The Morgan fingerprint density at radius 1 is 1.07 bits per heavy atom. The maximum Gasteiger partial charge on any atom is 0.251 e. The third kappa shape index (κ3) is 4.54. The van der Waals surface area contributed by atoms with Gasteiger partial charge in [0.1, 0.15) is 6.04 Å². The summed E-state index contributed by atoms with van der Waals surface area (Å²) in [5, 5.41) is 3.45. The van der Waals surface area contributed by atoms with Gasteiger partial charge in [0, 0.05) is 35.6 Å². The van der Waals surface area contributed by atoms with Crippen LogP contribution >= 0.6 is 11.6 Å². The highest BCUT2D eigenvalue weighted by atomic mass is 35.5. The second kappa shape index (κ2) is 8.76. The molecule has 1 heterocycles. The fourth-order valence-corrected chi connectivity index (χ4v) is 3.72. The Morgan fingerprint density at radius 3 is 2.32 bits per heavy atom. The number of hydrogen-bond acceptors (Lipinski definition) is 3. The van der Waals surface area contributed by atoms with Crippen LogP contribution in [0.3, 0.4) is 0 Å². The van der Waals surface area contributed by atoms with Crippen LogP contribution in [0.5, 0.6) is 0 Å². The molecule has 28 heavy (non-hydrogen) atoms. The van der Waals surface area contributed by atoms with Gasteiger partial charge in [-0.25, -0.2) is 0 Å². The van der Waals surface area contributed by atoms with Gasteiger partial charge in [-0.1, -0.05) is 55.8 Å². The van der Waals surface area contributed by atoms with Crippen LogP contribution in [0.2, 0.25) is 5.02 Å². The van der Waals surface area contributed by atoms with E-state index in [1.165, 1.54) is 0 Å². The van der Waals surface area contributed by atoms with Crippen LogP contribution in [0.1, 0.15) is 35.7 Å². The topological polar surface area (TPSA) is 75.4 Å². The normalized spacial score (nSPS) is 20.2. The number of nitrogens with one attached hydrogen (secondary N) is 1. The number of carbonyl (C=O) groups is 2. The third-order valence-electron chi connectivity index (χ3n) is 5.23. The second-order valence-electron chi connectivity index (χ2n) is 7.63. The average molecular weight is 400 g/mol. The predicted octanol–water partition coefficient (Wildman–Crippen LogP) is 3.05. The molecule has 3 atom stereocenters. The van der Waals surface area contributed by atoms with Gasteiger partial charge in [-0.2, -0.15) is 0 Å². The van der Waals surface area contributed by atoms with Gasteiger partial charge < -0.3 is 16.0 Å². The lowest BCUT2D eigenvalue weighted by Crippen LogP contribution is -2.51. The lowest BCUT2D eigenvalue weighted by molar-refractivity contribution is -0.133. The smallest absolute Gasteiger partial charge is 0.251 e. The summed E-state index contributed by atoms with van der Waals surface area (Å²) in [5.41, 5.74) is 7.94. The van der Waals surface area contributed by atoms with Crippen molar-refractivity contribution in [2.24, 2.45) is 11.7 Å². The zero-order valence-electron chi connectivity index (χ0n) is 16.1. The molecule has 1 fully saturated rings. The van der Waals surface area contributed by atoms with Crippen molar-refractivity contribution >= 4 is 23.4 Å². The summed E-state index contributed by atoms with van der Waals surface area (Å²) in [6, 6.07) is 15.9. The second-order valence-corrected chi connectivity index (χ2v) is 8.06. The van der Waals surface area contributed by atoms with E-state index in [0.29, 0.717) is 23.7 Å². The maximum atomic E-state index is 13.2. The lowest BCUT2D eigenvalue weighted by Gasteiger charge is -2.27. The lowest BCUT2D eigenvalue weighted by atomic mass is 9.95. The highest BCUT2D eigenvalue weighted by Crippen LogP contribution is 2.27. The molecule has 6 heteroatoms. The standard InChI is InChI=1S/C22H26ClN3O2/c1-14(2)20(25-21(27)16-8-10-17(23)11-9-16)22(28)26-12-18(19(24)13-26)15-6-4-3-5-7-15/h3-11,14,18-20H,12-13,24H2,1-2H3,(H,25,27)/t18-,19+,20?/m0/s1. The molecule has 1 saturated heterocycles. The van der Waals surface area contributed by atoms with Crippen molar-refractivity contribution in [1.29, 1.82) is 0 Å². The van der Waals surface area contributed by atoms with E-state index in [0.717, 1.165) is 5.56 Å². The van der Waals surface area contributed by atoms with Crippen molar-refractivity contribution in [3.8, 4) is 0 Å². The number of hydrogen-bond donors (Lipinski definition) is 2. The van der Waals surface area contributed by atoms with Gasteiger partial charge in [0.15, 0.2) is 0 Å². The predicted molar refractivity (Wildman–Crippen MR) is 111 cm³/mol. The summed E-state index contributed by atoms with van der Waals surface area (Å²) in [7, 11) is 0. The van der Waals surface area contributed by atoms with E-state index in [-0.39, 0.29) is 29.7 Å². The molecule has 2 amide bonds. The number of amides is 2. The van der Waals surface area contributed by atoms with Crippen LogP contribution in [0.15, 0.2) is 54.6 Å². The van der Waals surface area contributed by atoms with Gasteiger partial charge in [-0.05, 0) is 35.7 Å². The Labute approximate surface area is 170 Å². The first-order valence-electron chi connectivity index (χ1n) is 9.52. The van der Waals surface area contributed by atoms with E-state index < -0.39 is 6.04 Å². The van der Waals surface area contributed by atoms with E-state index in [4.69, 9.17) is 17.3 Å². The molecule has 0 saturated carbocycles. The Balaban J connectivity index is 1.71. The zero-order chi connectivity index (χ0) is 20.3. The quantitative estimate of drug-likeness (QED) is 0.811. The molecule has 2 aromatic rings. The zero-order valence-corrected chi connectivity index (χ0v) is 16.9. The summed E-state index contributed by atoms with van der Waals surface area (Å²) in [4.78, 5) is 27.5. The molecule has 1 unspecified atom stereocenters. The van der Waals surface area contributed by atoms with E-state index in [1.54, 1.807) is 29.2 Å². The molecule has 5 nitrogen and oxygen atoms in total. The van der Waals surface area contributed by atoms with Crippen molar-refractivity contribution in [2.45, 2.75) is 31.8 Å². The summed E-state index contributed by atoms with van der Waals surface area (Å²) in [5.74, 6) is -0.321. The summed E-state index contributed by atoms with van der Waals surface area (Å²) < 4.78 is 0. The first-order valence-corrected chi connectivity index (χ1v) is 9.90. The molecule has 0 spiro atoms. The summed E-state index contributed by atoms with van der Waals surface area (Å²) >= 11 is 5.88. The molecule has 2 aromatic carbocycles. The fraction of sp³-hybridized carbons (Fsp3) is 0.364. The Bertz CT molecular complexity index is 823. The molecular weight excluding hydrogens is 374 g/mol. The number of carbonyl (C=O) groups excluding carboxylic acids is 2. The van der Waals surface area contributed by atoms with Crippen LogP contribution < -0.4 is 11.1 Å². The molecular formula is C22H26ClN3O2. The molecule has 0 bridgehead atoms. The van der Waals surface area contributed by atoms with Gasteiger partial charge in [0.05, 0.1) is 0 Å². The number of nitrogens with zero attached hydrogens (tertiary/aromatic N) is 1. The van der Waals surface area contributed by atoms with Crippen LogP contribution in [0, 0.1) is 5.92 Å².